The number of hydrogen-bond donors (Lipinski definition) is 0. The molecule has 0 aromatic carbocycles. The molecule has 1 saturated heterocycles. The third kappa shape index (κ3) is 3.70. The number of ether oxygens (including phenoxy) is 2. The molecule has 5 nitrogen and oxygen atoms in total. The van der Waals surface area contributed by atoms with E-state index >= 15 is 0 Å². The van der Waals surface area contributed by atoms with Gasteiger partial charge >= 0.3 is 5.97 Å². The first-order valence-electron chi connectivity index (χ1n) is 7.17. The first-order chi connectivity index (χ1) is 9.72. The second kappa shape index (κ2) is 7.24. The van der Waals surface area contributed by atoms with E-state index in [1.807, 2.05) is 11.9 Å². The molecule has 2 rings (SSSR count). The molecular weight excluding hydrogens is 256 g/mol. The Morgan fingerprint density at radius 2 is 2.40 bits per heavy atom. The zero-order chi connectivity index (χ0) is 14.4. The van der Waals surface area contributed by atoms with Gasteiger partial charge in [-0.2, -0.15) is 0 Å². The molecule has 20 heavy (non-hydrogen) atoms. The molecule has 1 aromatic rings. The summed E-state index contributed by atoms with van der Waals surface area (Å²) in [5.41, 5.74) is 0.507. The van der Waals surface area contributed by atoms with E-state index in [1.165, 1.54) is 6.42 Å². The molecule has 0 N–H and O–H groups in total. The molecular formula is C15H22N2O3. The molecule has 1 aliphatic heterocycles. The molecule has 0 spiro atoms. The molecule has 0 saturated carbocycles. The lowest BCUT2D eigenvalue weighted by atomic mass is 10.1. The van der Waals surface area contributed by atoms with Crippen LogP contribution in [0.1, 0.15) is 36.5 Å². The second-order valence-corrected chi connectivity index (χ2v) is 4.96. The summed E-state index contributed by atoms with van der Waals surface area (Å²) in [6.45, 7) is 3.73. The second-order valence-electron chi connectivity index (χ2n) is 4.96. The smallest absolute Gasteiger partial charge is 0.341 e. The molecule has 0 unspecified atom stereocenters. The molecule has 0 bridgehead atoms. The van der Waals surface area contributed by atoms with E-state index in [0.717, 1.165) is 26.0 Å². The summed E-state index contributed by atoms with van der Waals surface area (Å²) in [4.78, 5) is 18.2. The molecule has 0 radical (unpaired) electrons. The minimum atomic E-state index is -0.327. The molecule has 5 heteroatoms. The summed E-state index contributed by atoms with van der Waals surface area (Å²) in [5.74, 6) is 0.326. The van der Waals surface area contributed by atoms with Crippen molar-refractivity contribution in [2.75, 3.05) is 31.7 Å². The fourth-order valence-corrected chi connectivity index (χ4v) is 2.41. The van der Waals surface area contributed by atoms with Crippen LogP contribution in [0, 0.1) is 0 Å². The minimum Gasteiger partial charge on any atom is -0.462 e. The van der Waals surface area contributed by atoms with Gasteiger partial charge in [0.25, 0.3) is 0 Å². The first-order valence-corrected chi connectivity index (χ1v) is 7.17. The normalized spacial score (nSPS) is 18.6. The van der Waals surface area contributed by atoms with Gasteiger partial charge in [-0.3, -0.25) is 0 Å². The van der Waals surface area contributed by atoms with Crippen LogP contribution in [0.25, 0.3) is 0 Å². The van der Waals surface area contributed by atoms with Gasteiger partial charge in [-0.25, -0.2) is 9.78 Å². The van der Waals surface area contributed by atoms with Gasteiger partial charge in [-0.15, -0.1) is 0 Å². The van der Waals surface area contributed by atoms with Crippen LogP contribution < -0.4 is 4.90 Å². The van der Waals surface area contributed by atoms with Crippen molar-refractivity contribution in [1.82, 2.24) is 4.98 Å². The summed E-state index contributed by atoms with van der Waals surface area (Å²) >= 11 is 0. The average molecular weight is 278 g/mol. The predicted molar refractivity (Wildman–Crippen MR) is 77.1 cm³/mol. The summed E-state index contributed by atoms with van der Waals surface area (Å²) in [6.07, 6.45) is 5.30. The van der Waals surface area contributed by atoms with E-state index < -0.39 is 0 Å². The van der Waals surface area contributed by atoms with Gasteiger partial charge in [0.05, 0.1) is 12.7 Å². The van der Waals surface area contributed by atoms with Gasteiger partial charge in [0, 0.05) is 26.4 Å². The number of hydrogen-bond acceptors (Lipinski definition) is 5. The maximum absolute atomic E-state index is 11.9. The number of aromatic nitrogens is 1. The van der Waals surface area contributed by atoms with Crippen LogP contribution in [0.2, 0.25) is 0 Å². The van der Waals surface area contributed by atoms with Crippen molar-refractivity contribution in [2.45, 2.75) is 32.3 Å². The van der Waals surface area contributed by atoms with Crippen LogP contribution in [-0.4, -0.2) is 43.9 Å². The topological polar surface area (TPSA) is 51.7 Å². The molecule has 1 aliphatic rings. The lowest BCUT2D eigenvalue weighted by Gasteiger charge is -2.28. The fraction of sp³-hybridized carbons (Fsp3) is 0.600. The number of carbonyl (C=O) groups is 1. The van der Waals surface area contributed by atoms with Crippen LogP contribution in [0.15, 0.2) is 18.3 Å². The Morgan fingerprint density at radius 3 is 3.10 bits per heavy atom. The van der Waals surface area contributed by atoms with Gasteiger partial charge in [0.2, 0.25) is 0 Å². The first kappa shape index (κ1) is 14.8. The summed E-state index contributed by atoms with van der Waals surface area (Å²) < 4.78 is 10.8. The maximum atomic E-state index is 11.9. The van der Waals surface area contributed by atoms with E-state index in [1.54, 1.807) is 25.3 Å². The minimum absolute atomic E-state index is 0.214. The lowest BCUT2D eigenvalue weighted by Crippen LogP contribution is -2.34. The van der Waals surface area contributed by atoms with E-state index in [0.29, 0.717) is 18.0 Å². The highest BCUT2D eigenvalue weighted by atomic mass is 16.5. The molecule has 0 amide bonds. The highest BCUT2D eigenvalue weighted by Crippen LogP contribution is 2.20. The van der Waals surface area contributed by atoms with Crippen LogP contribution in [0.4, 0.5) is 5.82 Å². The number of esters is 1. The van der Waals surface area contributed by atoms with Crippen molar-refractivity contribution in [3.05, 3.63) is 23.9 Å². The van der Waals surface area contributed by atoms with Crippen molar-refractivity contribution in [3.63, 3.8) is 0 Å². The summed E-state index contributed by atoms with van der Waals surface area (Å²) in [7, 11) is 1.93. The molecule has 110 valence electrons. The lowest BCUT2D eigenvalue weighted by molar-refractivity contribution is 0.0214. The SMILES string of the molecule is CCOC(=O)c1cccnc1N(C)C[C@@H]1CCCCO1. The van der Waals surface area contributed by atoms with Crippen LogP contribution in [-0.2, 0) is 9.47 Å². The van der Waals surface area contributed by atoms with Crippen molar-refractivity contribution in [3.8, 4) is 0 Å². The molecule has 1 atom stereocenters. The predicted octanol–water partition coefficient (Wildman–Crippen LogP) is 2.26. The zero-order valence-corrected chi connectivity index (χ0v) is 12.2. The number of likely N-dealkylation sites (N-methyl/N-ethyl adjacent to an activating group) is 1. The van der Waals surface area contributed by atoms with Crippen molar-refractivity contribution < 1.29 is 14.3 Å². The van der Waals surface area contributed by atoms with Crippen LogP contribution >= 0.6 is 0 Å². The monoisotopic (exact) mass is 278 g/mol. The van der Waals surface area contributed by atoms with E-state index in [9.17, 15) is 4.79 Å². The van der Waals surface area contributed by atoms with Gasteiger partial charge in [0.15, 0.2) is 0 Å². The number of carbonyl (C=O) groups excluding carboxylic acids is 1. The summed E-state index contributed by atoms with van der Waals surface area (Å²) in [5, 5.41) is 0. The number of rotatable bonds is 5. The highest BCUT2D eigenvalue weighted by Gasteiger charge is 2.20. The standard InChI is InChI=1S/C15H22N2O3/c1-3-19-15(18)13-8-6-9-16-14(13)17(2)11-12-7-4-5-10-20-12/h6,8-9,12H,3-5,7,10-11H2,1-2H3/t12-/m0/s1. The Kier molecular flexibility index (Phi) is 5.35. The zero-order valence-electron chi connectivity index (χ0n) is 12.2. The fourth-order valence-electron chi connectivity index (χ4n) is 2.41. The van der Waals surface area contributed by atoms with Gasteiger partial charge < -0.3 is 14.4 Å². The Morgan fingerprint density at radius 1 is 1.55 bits per heavy atom. The Labute approximate surface area is 119 Å². The average Bonchev–Trinajstić information content (AvgIpc) is 2.48. The highest BCUT2D eigenvalue weighted by molar-refractivity contribution is 5.94. The number of anilines is 1. The molecule has 1 fully saturated rings. The Bertz CT molecular complexity index is 444. The van der Waals surface area contributed by atoms with E-state index in [-0.39, 0.29) is 12.1 Å². The summed E-state index contributed by atoms with van der Waals surface area (Å²) in [6, 6.07) is 3.50. The van der Waals surface area contributed by atoms with Crippen molar-refractivity contribution >= 4 is 11.8 Å². The Balaban J connectivity index is 2.08. The van der Waals surface area contributed by atoms with Crippen molar-refractivity contribution in [1.29, 1.82) is 0 Å². The Hall–Kier alpha value is -1.62. The third-order valence-corrected chi connectivity index (χ3v) is 3.40. The maximum Gasteiger partial charge on any atom is 0.341 e. The van der Waals surface area contributed by atoms with Crippen LogP contribution in [0.3, 0.4) is 0 Å². The molecule has 0 aliphatic carbocycles. The quantitative estimate of drug-likeness (QED) is 0.773. The van der Waals surface area contributed by atoms with Crippen LogP contribution in [0.5, 0.6) is 0 Å². The van der Waals surface area contributed by atoms with Gasteiger partial charge in [-0.1, -0.05) is 0 Å². The van der Waals surface area contributed by atoms with Gasteiger partial charge in [0.1, 0.15) is 11.4 Å². The largest absolute Gasteiger partial charge is 0.462 e. The van der Waals surface area contributed by atoms with Crippen molar-refractivity contribution in [2.24, 2.45) is 0 Å². The number of nitrogens with zero attached hydrogens (tertiary/aromatic N) is 2. The van der Waals surface area contributed by atoms with Gasteiger partial charge in [-0.05, 0) is 38.3 Å². The third-order valence-electron chi connectivity index (χ3n) is 3.40. The van der Waals surface area contributed by atoms with E-state index in [2.05, 4.69) is 4.98 Å². The molecule has 2 heterocycles. The number of pyridine rings is 1. The van der Waals surface area contributed by atoms with E-state index in [4.69, 9.17) is 9.47 Å². The molecule has 1 aromatic heterocycles.